The molecule has 0 spiro atoms. The molecule has 0 bridgehead atoms. The van der Waals surface area contributed by atoms with Crippen molar-refractivity contribution in [3.05, 3.63) is 41.2 Å². The number of aromatic nitrogens is 2. The summed E-state index contributed by atoms with van der Waals surface area (Å²) in [5.41, 5.74) is 3.44. The molecule has 1 heterocycles. The molecule has 0 fully saturated rings. The number of rotatable bonds is 6. The fourth-order valence-electron chi connectivity index (χ4n) is 3.22. The van der Waals surface area contributed by atoms with E-state index in [0.717, 1.165) is 48.0 Å². The maximum absolute atomic E-state index is 5.47. The van der Waals surface area contributed by atoms with Gasteiger partial charge >= 0.3 is 0 Å². The second-order valence-corrected chi connectivity index (χ2v) is 6.47. The minimum atomic E-state index is 0.260. The standard InChI is InChI=1S/C19H26N4O2/c1-23(2)19-21-12-15-16(6-5-7-17(15)22-19)20-11-13-10-14(24-3)8-9-18(13)25-4/h8-10,12,16,20H,5-7,11H2,1-4H3/t16-/m0/s1. The molecule has 1 aromatic heterocycles. The second-order valence-electron chi connectivity index (χ2n) is 6.47. The van der Waals surface area contributed by atoms with Crippen LogP contribution in [0.3, 0.4) is 0 Å². The van der Waals surface area contributed by atoms with Gasteiger partial charge in [0, 0.05) is 44.0 Å². The Morgan fingerprint density at radius 2 is 2.08 bits per heavy atom. The number of aryl methyl sites for hydroxylation is 1. The van der Waals surface area contributed by atoms with Gasteiger partial charge < -0.3 is 19.7 Å². The average Bonchev–Trinajstić information content (AvgIpc) is 2.65. The number of anilines is 1. The van der Waals surface area contributed by atoms with Crippen molar-refractivity contribution in [3.8, 4) is 11.5 Å². The van der Waals surface area contributed by atoms with Crippen molar-refractivity contribution in [1.29, 1.82) is 0 Å². The number of fused-ring (bicyclic) bond motifs is 1. The van der Waals surface area contributed by atoms with Crippen LogP contribution in [-0.4, -0.2) is 38.3 Å². The molecule has 25 heavy (non-hydrogen) atoms. The molecule has 6 nitrogen and oxygen atoms in total. The Kier molecular flexibility index (Phi) is 5.38. The molecule has 0 saturated heterocycles. The molecule has 1 aliphatic carbocycles. The van der Waals surface area contributed by atoms with Crippen LogP contribution >= 0.6 is 0 Å². The lowest BCUT2D eigenvalue weighted by atomic mass is 9.92. The van der Waals surface area contributed by atoms with E-state index < -0.39 is 0 Å². The molecular formula is C19H26N4O2. The van der Waals surface area contributed by atoms with Gasteiger partial charge in [0.2, 0.25) is 5.95 Å². The zero-order chi connectivity index (χ0) is 17.8. The van der Waals surface area contributed by atoms with Crippen molar-refractivity contribution in [3.63, 3.8) is 0 Å². The van der Waals surface area contributed by atoms with E-state index in [1.807, 2.05) is 43.4 Å². The lowest BCUT2D eigenvalue weighted by Crippen LogP contribution is -2.27. The van der Waals surface area contributed by atoms with Gasteiger partial charge in [-0.05, 0) is 37.5 Å². The quantitative estimate of drug-likeness (QED) is 0.871. The van der Waals surface area contributed by atoms with Crippen LogP contribution in [0.1, 0.15) is 35.7 Å². The average molecular weight is 342 g/mol. The molecule has 0 saturated carbocycles. The summed E-state index contributed by atoms with van der Waals surface area (Å²) in [4.78, 5) is 11.1. The van der Waals surface area contributed by atoms with Gasteiger partial charge in [0.25, 0.3) is 0 Å². The zero-order valence-electron chi connectivity index (χ0n) is 15.4. The van der Waals surface area contributed by atoms with Crippen molar-refractivity contribution in [2.24, 2.45) is 0 Å². The molecule has 1 aliphatic rings. The van der Waals surface area contributed by atoms with Crippen LogP contribution in [0.4, 0.5) is 5.95 Å². The summed E-state index contributed by atoms with van der Waals surface area (Å²) in [6, 6.07) is 6.13. The number of methoxy groups -OCH3 is 2. The molecule has 134 valence electrons. The van der Waals surface area contributed by atoms with E-state index in [1.165, 1.54) is 5.56 Å². The molecule has 0 unspecified atom stereocenters. The molecule has 1 aromatic carbocycles. The third-order valence-corrected chi connectivity index (χ3v) is 4.60. The molecule has 0 amide bonds. The fourth-order valence-corrected chi connectivity index (χ4v) is 3.22. The van der Waals surface area contributed by atoms with E-state index in [9.17, 15) is 0 Å². The molecule has 0 radical (unpaired) electrons. The van der Waals surface area contributed by atoms with Crippen molar-refractivity contribution in [2.75, 3.05) is 33.2 Å². The van der Waals surface area contributed by atoms with Crippen LogP contribution in [0.2, 0.25) is 0 Å². The van der Waals surface area contributed by atoms with Gasteiger partial charge in [-0.3, -0.25) is 0 Å². The summed E-state index contributed by atoms with van der Waals surface area (Å²) in [7, 11) is 7.30. The van der Waals surface area contributed by atoms with Gasteiger partial charge in [-0.2, -0.15) is 0 Å². The van der Waals surface area contributed by atoms with Crippen molar-refractivity contribution in [1.82, 2.24) is 15.3 Å². The van der Waals surface area contributed by atoms with E-state index in [1.54, 1.807) is 14.2 Å². The molecule has 3 rings (SSSR count). The van der Waals surface area contributed by atoms with Crippen LogP contribution in [-0.2, 0) is 13.0 Å². The maximum Gasteiger partial charge on any atom is 0.225 e. The monoisotopic (exact) mass is 342 g/mol. The summed E-state index contributed by atoms with van der Waals surface area (Å²) in [5.74, 6) is 2.47. The Hall–Kier alpha value is -2.34. The number of nitrogens with one attached hydrogen (secondary N) is 1. The van der Waals surface area contributed by atoms with Gasteiger partial charge in [-0.25, -0.2) is 9.97 Å². The topological polar surface area (TPSA) is 59.5 Å². The predicted octanol–water partition coefficient (Wildman–Crippen LogP) is 2.73. The smallest absolute Gasteiger partial charge is 0.225 e. The van der Waals surface area contributed by atoms with Gasteiger partial charge in [0.05, 0.1) is 19.9 Å². The van der Waals surface area contributed by atoms with Crippen molar-refractivity contribution in [2.45, 2.75) is 31.8 Å². The number of hydrogen-bond acceptors (Lipinski definition) is 6. The van der Waals surface area contributed by atoms with E-state index >= 15 is 0 Å². The van der Waals surface area contributed by atoms with Gasteiger partial charge in [-0.15, -0.1) is 0 Å². The molecule has 1 atom stereocenters. The maximum atomic E-state index is 5.47. The highest BCUT2D eigenvalue weighted by Gasteiger charge is 2.22. The summed E-state index contributed by atoms with van der Waals surface area (Å²) < 4.78 is 10.8. The first kappa shape index (κ1) is 17.5. The number of hydrogen-bond donors (Lipinski definition) is 1. The van der Waals surface area contributed by atoms with Gasteiger partial charge in [0.15, 0.2) is 0 Å². The lowest BCUT2D eigenvalue weighted by Gasteiger charge is -2.26. The van der Waals surface area contributed by atoms with E-state index in [0.29, 0.717) is 6.54 Å². The number of nitrogens with zero attached hydrogens (tertiary/aromatic N) is 3. The van der Waals surface area contributed by atoms with E-state index in [-0.39, 0.29) is 6.04 Å². The van der Waals surface area contributed by atoms with E-state index in [2.05, 4.69) is 10.3 Å². The number of ether oxygens (including phenoxy) is 2. The van der Waals surface area contributed by atoms with Crippen LogP contribution in [0.25, 0.3) is 0 Å². The van der Waals surface area contributed by atoms with Gasteiger partial charge in [0.1, 0.15) is 11.5 Å². The van der Waals surface area contributed by atoms with E-state index in [4.69, 9.17) is 14.5 Å². The Morgan fingerprint density at radius 3 is 2.80 bits per heavy atom. The highest BCUT2D eigenvalue weighted by molar-refractivity contribution is 5.40. The van der Waals surface area contributed by atoms with Crippen LogP contribution < -0.4 is 19.7 Å². The minimum Gasteiger partial charge on any atom is -0.497 e. The van der Waals surface area contributed by atoms with Crippen LogP contribution in [0, 0.1) is 0 Å². The molecular weight excluding hydrogens is 316 g/mol. The largest absolute Gasteiger partial charge is 0.497 e. The summed E-state index contributed by atoms with van der Waals surface area (Å²) in [6.07, 6.45) is 5.20. The Bertz CT molecular complexity index is 733. The van der Waals surface area contributed by atoms with Crippen LogP contribution in [0.5, 0.6) is 11.5 Å². The third kappa shape index (κ3) is 3.85. The van der Waals surface area contributed by atoms with Crippen LogP contribution in [0.15, 0.2) is 24.4 Å². The molecule has 0 aliphatic heterocycles. The normalized spacial score (nSPS) is 16.2. The summed E-state index contributed by atoms with van der Waals surface area (Å²) >= 11 is 0. The Morgan fingerprint density at radius 1 is 1.24 bits per heavy atom. The lowest BCUT2D eigenvalue weighted by molar-refractivity contribution is 0.391. The minimum absolute atomic E-state index is 0.260. The Labute approximate surface area is 149 Å². The van der Waals surface area contributed by atoms with Crippen molar-refractivity contribution >= 4 is 5.95 Å². The fraction of sp³-hybridized carbons (Fsp3) is 0.474. The first-order chi connectivity index (χ1) is 12.1. The Balaban J connectivity index is 1.77. The third-order valence-electron chi connectivity index (χ3n) is 4.60. The highest BCUT2D eigenvalue weighted by Crippen LogP contribution is 2.30. The number of benzene rings is 1. The molecule has 2 aromatic rings. The molecule has 6 heteroatoms. The molecule has 1 N–H and O–H groups in total. The first-order valence-electron chi connectivity index (χ1n) is 8.59. The SMILES string of the molecule is COc1ccc(OC)c(CN[C@H]2CCCc3nc(N(C)C)ncc32)c1. The summed E-state index contributed by atoms with van der Waals surface area (Å²) in [5, 5.41) is 3.64. The predicted molar refractivity (Wildman–Crippen MR) is 98.4 cm³/mol. The highest BCUT2D eigenvalue weighted by atomic mass is 16.5. The second kappa shape index (κ2) is 7.70. The first-order valence-corrected chi connectivity index (χ1v) is 8.59. The van der Waals surface area contributed by atoms with Gasteiger partial charge in [-0.1, -0.05) is 0 Å². The zero-order valence-corrected chi connectivity index (χ0v) is 15.4. The van der Waals surface area contributed by atoms with Crippen molar-refractivity contribution < 1.29 is 9.47 Å². The summed E-state index contributed by atoms with van der Waals surface area (Å²) in [6.45, 7) is 0.708.